The number of nitrogens with zero attached hydrogens (tertiary/aromatic N) is 4. The van der Waals surface area contributed by atoms with Gasteiger partial charge in [-0.3, -0.25) is 14.9 Å². The minimum atomic E-state index is -0.478. The summed E-state index contributed by atoms with van der Waals surface area (Å²) in [7, 11) is 5.03. The van der Waals surface area contributed by atoms with Crippen molar-refractivity contribution in [1.82, 2.24) is 19.7 Å². The molecule has 10 nitrogen and oxygen atoms in total. The topological polar surface area (TPSA) is 113 Å². The van der Waals surface area contributed by atoms with Gasteiger partial charge in [0, 0.05) is 31.9 Å². The van der Waals surface area contributed by atoms with E-state index in [0.29, 0.717) is 35.8 Å². The maximum atomic E-state index is 13.2. The molecule has 0 bridgehead atoms. The number of nitro benzene ring substituents is 1. The number of methoxy groups -OCH3 is 2. The van der Waals surface area contributed by atoms with E-state index in [2.05, 4.69) is 10.4 Å². The Labute approximate surface area is 201 Å². The Morgan fingerprint density at radius 3 is 2.54 bits per heavy atom. The number of hydrogen-bond acceptors (Lipinski definition) is 6. The lowest BCUT2D eigenvalue weighted by molar-refractivity contribution is -0.384. The standard InChI is InChI=1S/C25H25N5O5/c1-28-13-5-8-21(28)20-16-22(29(27-20)18-6-4-7-19(15-18)30(32)33)25(31)26-12-11-17-9-10-23(34-2)24(14-17)35-3/h4-10,13-16H,11-12H2,1-3H3,(H,26,31). The Morgan fingerprint density at radius 1 is 1.06 bits per heavy atom. The molecule has 0 unspecified atom stereocenters. The highest BCUT2D eigenvalue weighted by Gasteiger charge is 2.20. The minimum Gasteiger partial charge on any atom is -0.493 e. The van der Waals surface area contributed by atoms with Gasteiger partial charge in [0.05, 0.1) is 30.5 Å². The smallest absolute Gasteiger partial charge is 0.271 e. The summed E-state index contributed by atoms with van der Waals surface area (Å²) in [6.07, 6.45) is 2.45. The molecule has 0 saturated heterocycles. The van der Waals surface area contributed by atoms with Gasteiger partial charge >= 0.3 is 0 Å². The van der Waals surface area contributed by atoms with Crippen LogP contribution in [-0.2, 0) is 13.5 Å². The second-order valence-corrected chi connectivity index (χ2v) is 7.80. The molecule has 2 aromatic heterocycles. The van der Waals surface area contributed by atoms with E-state index in [4.69, 9.17) is 9.47 Å². The van der Waals surface area contributed by atoms with Gasteiger partial charge < -0.3 is 19.4 Å². The van der Waals surface area contributed by atoms with Crippen LogP contribution in [0.3, 0.4) is 0 Å². The van der Waals surface area contributed by atoms with Gasteiger partial charge in [0.25, 0.3) is 11.6 Å². The van der Waals surface area contributed by atoms with Crippen molar-refractivity contribution in [2.45, 2.75) is 6.42 Å². The molecule has 35 heavy (non-hydrogen) atoms. The van der Waals surface area contributed by atoms with Crippen molar-refractivity contribution in [2.75, 3.05) is 20.8 Å². The molecule has 1 amide bonds. The number of ether oxygens (including phenoxy) is 2. The van der Waals surface area contributed by atoms with Gasteiger partial charge in [0.2, 0.25) is 0 Å². The van der Waals surface area contributed by atoms with Crippen LogP contribution >= 0.6 is 0 Å². The van der Waals surface area contributed by atoms with E-state index >= 15 is 0 Å². The van der Waals surface area contributed by atoms with Crippen molar-refractivity contribution in [3.8, 4) is 28.6 Å². The van der Waals surface area contributed by atoms with Gasteiger partial charge in [0.1, 0.15) is 11.4 Å². The molecule has 2 aromatic carbocycles. The first kappa shape index (κ1) is 23.6. The van der Waals surface area contributed by atoms with Crippen LogP contribution in [0.5, 0.6) is 11.5 Å². The molecular formula is C25H25N5O5. The van der Waals surface area contributed by atoms with Crippen molar-refractivity contribution >= 4 is 11.6 Å². The van der Waals surface area contributed by atoms with Gasteiger partial charge in [-0.05, 0) is 48.4 Å². The largest absolute Gasteiger partial charge is 0.493 e. The SMILES string of the molecule is COc1ccc(CCNC(=O)c2cc(-c3cccn3C)nn2-c2cccc([N+](=O)[O-])c2)cc1OC. The highest BCUT2D eigenvalue weighted by molar-refractivity contribution is 5.94. The molecule has 1 N–H and O–H groups in total. The Bertz CT molecular complexity index is 1370. The number of aryl methyl sites for hydroxylation is 1. The maximum Gasteiger partial charge on any atom is 0.271 e. The van der Waals surface area contributed by atoms with Crippen molar-refractivity contribution in [1.29, 1.82) is 0 Å². The maximum absolute atomic E-state index is 13.2. The van der Waals surface area contributed by atoms with E-state index in [9.17, 15) is 14.9 Å². The van der Waals surface area contributed by atoms with Gasteiger partial charge in [-0.2, -0.15) is 5.10 Å². The monoisotopic (exact) mass is 475 g/mol. The van der Waals surface area contributed by atoms with E-state index in [1.165, 1.54) is 16.8 Å². The van der Waals surface area contributed by atoms with Crippen LogP contribution < -0.4 is 14.8 Å². The third kappa shape index (κ3) is 5.01. The second kappa shape index (κ2) is 10.1. The molecule has 0 aliphatic rings. The van der Waals surface area contributed by atoms with Crippen molar-refractivity contribution in [2.24, 2.45) is 7.05 Å². The summed E-state index contributed by atoms with van der Waals surface area (Å²) < 4.78 is 13.9. The van der Waals surface area contributed by atoms with Crippen LogP contribution in [0.4, 0.5) is 5.69 Å². The number of non-ortho nitro benzene ring substituents is 1. The summed E-state index contributed by atoms with van der Waals surface area (Å²) >= 11 is 0. The molecule has 0 aliphatic carbocycles. The fourth-order valence-corrected chi connectivity index (χ4v) is 3.78. The zero-order valence-electron chi connectivity index (χ0n) is 19.6. The van der Waals surface area contributed by atoms with Crippen LogP contribution in [-0.4, -0.2) is 45.9 Å². The minimum absolute atomic E-state index is 0.0850. The van der Waals surface area contributed by atoms with E-state index in [-0.39, 0.29) is 17.3 Å². The summed E-state index contributed by atoms with van der Waals surface area (Å²) in [6, 6.07) is 17.1. The summed E-state index contributed by atoms with van der Waals surface area (Å²) in [5.41, 5.74) is 2.97. The lowest BCUT2D eigenvalue weighted by atomic mass is 10.1. The molecule has 0 saturated carbocycles. The highest BCUT2D eigenvalue weighted by atomic mass is 16.6. The first-order valence-corrected chi connectivity index (χ1v) is 10.9. The van der Waals surface area contributed by atoms with E-state index in [0.717, 1.165) is 11.3 Å². The van der Waals surface area contributed by atoms with E-state index in [1.54, 1.807) is 32.4 Å². The average molecular weight is 476 g/mol. The summed E-state index contributed by atoms with van der Waals surface area (Å²) in [4.78, 5) is 24.0. The summed E-state index contributed by atoms with van der Waals surface area (Å²) in [5, 5.41) is 18.8. The number of aromatic nitrogens is 3. The zero-order chi connectivity index (χ0) is 24.9. The van der Waals surface area contributed by atoms with Gasteiger partial charge in [0.15, 0.2) is 11.5 Å². The third-order valence-electron chi connectivity index (χ3n) is 5.58. The van der Waals surface area contributed by atoms with E-state index in [1.807, 2.05) is 48.1 Å². The predicted molar refractivity (Wildman–Crippen MR) is 130 cm³/mol. The first-order valence-electron chi connectivity index (χ1n) is 10.9. The van der Waals surface area contributed by atoms with Crippen LogP contribution in [0.25, 0.3) is 17.1 Å². The van der Waals surface area contributed by atoms with Gasteiger partial charge in [-0.1, -0.05) is 12.1 Å². The van der Waals surface area contributed by atoms with Crippen LogP contribution in [0.1, 0.15) is 16.1 Å². The predicted octanol–water partition coefficient (Wildman–Crippen LogP) is 3.78. The number of nitro groups is 1. The van der Waals surface area contributed by atoms with Crippen molar-refractivity contribution < 1.29 is 19.2 Å². The molecule has 180 valence electrons. The number of rotatable bonds is 9. The van der Waals surface area contributed by atoms with Crippen molar-refractivity contribution in [3.05, 3.63) is 88.2 Å². The number of benzene rings is 2. The molecule has 0 spiro atoms. The lowest BCUT2D eigenvalue weighted by Gasteiger charge is -2.11. The molecule has 0 fully saturated rings. The van der Waals surface area contributed by atoms with Crippen LogP contribution in [0.2, 0.25) is 0 Å². The summed E-state index contributed by atoms with van der Waals surface area (Å²) in [6.45, 7) is 0.369. The molecule has 2 heterocycles. The second-order valence-electron chi connectivity index (χ2n) is 7.80. The molecule has 0 radical (unpaired) electrons. The lowest BCUT2D eigenvalue weighted by Crippen LogP contribution is -2.27. The summed E-state index contributed by atoms with van der Waals surface area (Å²) in [5.74, 6) is 0.909. The first-order chi connectivity index (χ1) is 16.9. The molecule has 0 atom stereocenters. The van der Waals surface area contributed by atoms with Crippen LogP contribution in [0, 0.1) is 10.1 Å². The normalized spacial score (nSPS) is 10.7. The average Bonchev–Trinajstić information content (AvgIpc) is 3.50. The molecular weight excluding hydrogens is 450 g/mol. The van der Waals surface area contributed by atoms with E-state index < -0.39 is 4.92 Å². The fraction of sp³-hybridized carbons (Fsp3) is 0.200. The van der Waals surface area contributed by atoms with Gasteiger partial charge in [-0.15, -0.1) is 0 Å². The number of carbonyl (C=O) groups excluding carboxylic acids is 1. The van der Waals surface area contributed by atoms with Crippen LogP contribution in [0.15, 0.2) is 66.9 Å². The number of amides is 1. The Balaban J connectivity index is 1.60. The quantitative estimate of drug-likeness (QED) is 0.291. The number of nitrogens with one attached hydrogen (secondary N) is 1. The molecule has 0 aliphatic heterocycles. The molecule has 10 heteroatoms. The molecule has 4 aromatic rings. The number of hydrogen-bond donors (Lipinski definition) is 1. The fourth-order valence-electron chi connectivity index (χ4n) is 3.78. The van der Waals surface area contributed by atoms with Crippen molar-refractivity contribution in [3.63, 3.8) is 0 Å². The van der Waals surface area contributed by atoms with Gasteiger partial charge in [-0.25, -0.2) is 4.68 Å². The Hall–Kier alpha value is -4.60. The highest BCUT2D eigenvalue weighted by Crippen LogP contribution is 2.28. The number of carbonyl (C=O) groups is 1. The molecule has 4 rings (SSSR count). The Morgan fingerprint density at radius 2 is 1.86 bits per heavy atom. The zero-order valence-corrected chi connectivity index (χ0v) is 19.6. The third-order valence-corrected chi connectivity index (χ3v) is 5.58. The Kier molecular flexibility index (Phi) is 6.81.